The van der Waals surface area contributed by atoms with E-state index >= 15 is 0 Å². The normalized spacial score (nSPS) is 23.3. The van der Waals surface area contributed by atoms with Crippen LogP contribution in [-0.4, -0.2) is 59.5 Å². The molecule has 0 radical (unpaired) electrons. The highest BCUT2D eigenvalue weighted by atomic mass is 16.1. The first-order valence-electron chi connectivity index (χ1n) is 10.5. The molecule has 1 aromatic rings. The highest BCUT2D eigenvalue weighted by Gasteiger charge is 2.31. The van der Waals surface area contributed by atoms with E-state index in [1.54, 1.807) is 0 Å². The van der Waals surface area contributed by atoms with Gasteiger partial charge in [0.25, 0.3) is 0 Å². The topological polar surface area (TPSA) is 48.5 Å². The summed E-state index contributed by atoms with van der Waals surface area (Å²) in [4.78, 5) is 21.9. The molecule has 0 aromatic carbocycles. The van der Waals surface area contributed by atoms with Crippen LogP contribution in [0.3, 0.4) is 0 Å². The molecule has 3 heterocycles. The van der Waals surface area contributed by atoms with Crippen molar-refractivity contribution in [1.82, 2.24) is 20.1 Å². The Kier molecular flexibility index (Phi) is 6.88. The zero-order valence-electron chi connectivity index (χ0n) is 17.3. The zero-order chi connectivity index (χ0) is 19.3. The molecule has 1 N–H and O–H groups in total. The smallest absolute Gasteiger partial charge is 0.224 e. The summed E-state index contributed by atoms with van der Waals surface area (Å²) >= 11 is 0. The molecule has 0 spiro atoms. The maximum Gasteiger partial charge on any atom is 0.224 e. The van der Waals surface area contributed by atoms with Crippen molar-refractivity contribution in [3.05, 3.63) is 30.1 Å². The van der Waals surface area contributed by atoms with Gasteiger partial charge in [-0.2, -0.15) is 0 Å². The second-order valence-electron chi connectivity index (χ2n) is 9.48. The van der Waals surface area contributed by atoms with E-state index in [2.05, 4.69) is 46.9 Å². The van der Waals surface area contributed by atoms with Crippen molar-refractivity contribution in [2.24, 2.45) is 11.3 Å². The van der Waals surface area contributed by atoms with Crippen molar-refractivity contribution < 1.29 is 4.79 Å². The van der Waals surface area contributed by atoms with Gasteiger partial charge in [0.15, 0.2) is 0 Å². The molecule has 5 nitrogen and oxygen atoms in total. The average Bonchev–Trinajstić information content (AvgIpc) is 2.67. The minimum absolute atomic E-state index is 0.144. The van der Waals surface area contributed by atoms with E-state index in [4.69, 9.17) is 0 Å². The lowest BCUT2D eigenvalue weighted by Crippen LogP contribution is -2.51. The van der Waals surface area contributed by atoms with Crippen LogP contribution in [0.15, 0.2) is 24.5 Å². The number of hydrogen-bond acceptors (Lipinski definition) is 4. The van der Waals surface area contributed by atoms with E-state index in [9.17, 15) is 4.79 Å². The number of carbonyl (C=O) groups is 1. The molecule has 2 aliphatic rings. The molecule has 1 atom stereocenters. The second-order valence-corrected chi connectivity index (χ2v) is 9.48. The summed E-state index contributed by atoms with van der Waals surface area (Å²) in [6, 6.07) is 4.80. The number of pyridine rings is 1. The van der Waals surface area contributed by atoms with Gasteiger partial charge in [0.2, 0.25) is 5.91 Å². The van der Waals surface area contributed by atoms with E-state index in [0.29, 0.717) is 6.04 Å². The predicted octanol–water partition coefficient (Wildman–Crippen LogP) is 2.92. The zero-order valence-corrected chi connectivity index (χ0v) is 17.3. The first kappa shape index (κ1) is 20.3. The van der Waals surface area contributed by atoms with Gasteiger partial charge < -0.3 is 5.32 Å². The van der Waals surface area contributed by atoms with Gasteiger partial charge in [0, 0.05) is 38.1 Å². The van der Waals surface area contributed by atoms with Gasteiger partial charge in [0.1, 0.15) is 0 Å². The Bertz CT molecular complexity index is 590. The molecule has 2 aliphatic heterocycles. The van der Waals surface area contributed by atoms with Crippen molar-refractivity contribution in [1.29, 1.82) is 0 Å². The third-order valence-corrected chi connectivity index (χ3v) is 5.82. The first-order chi connectivity index (χ1) is 12.9. The van der Waals surface area contributed by atoms with Crippen LogP contribution in [0.25, 0.3) is 0 Å². The highest BCUT2D eigenvalue weighted by molar-refractivity contribution is 5.79. The maximum atomic E-state index is 12.6. The van der Waals surface area contributed by atoms with E-state index in [1.807, 2.05) is 18.5 Å². The molecular weight excluding hydrogens is 336 g/mol. The summed E-state index contributed by atoms with van der Waals surface area (Å²) in [7, 11) is 0. The van der Waals surface area contributed by atoms with Crippen LogP contribution in [0.1, 0.15) is 52.0 Å². The maximum absolute atomic E-state index is 12.6. The van der Waals surface area contributed by atoms with Crippen LogP contribution < -0.4 is 5.32 Å². The van der Waals surface area contributed by atoms with Gasteiger partial charge in [0.05, 0.1) is 5.92 Å². The lowest BCUT2D eigenvalue weighted by molar-refractivity contribution is -0.127. The Morgan fingerprint density at radius 3 is 2.67 bits per heavy atom. The molecule has 2 saturated heterocycles. The fourth-order valence-corrected chi connectivity index (χ4v) is 4.24. The van der Waals surface area contributed by atoms with Crippen molar-refractivity contribution in [3.8, 4) is 0 Å². The summed E-state index contributed by atoms with van der Waals surface area (Å²) in [5.74, 6) is 0.415. The Balaban J connectivity index is 1.44. The number of nitrogens with one attached hydrogen (secondary N) is 1. The lowest BCUT2D eigenvalue weighted by Gasteiger charge is -2.42. The van der Waals surface area contributed by atoms with Crippen LogP contribution in [0.4, 0.5) is 0 Å². The summed E-state index contributed by atoms with van der Waals surface area (Å²) in [5, 5.41) is 3.17. The van der Waals surface area contributed by atoms with Crippen LogP contribution in [-0.2, 0) is 11.3 Å². The second kappa shape index (κ2) is 9.16. The molecule has 0 aliphatic carbocycles. The van der Waals surface area contributed by atoms with Gasteiger partial charge in [-0.05, 0) is 62.4 Å². The number of rotatable bonds is 5. The quantitative estimate of drug-likeness (QED) is 0.863. The third-order valence-electron chi connectivity index (χ3n) is 5.82. The van der Waals surface area contributed by atoms with Crippen molar-refractivity contribution in [2.75, 3.05) is 32.7 Å². The summed E-state index contributed by atoms with van der Waals surface area (Å²) in [5.41, 5.74) is 1.44. The predicted molar refractivity (Wildman–Crippen MR) is 109 cm³/mol. The van der Waals surface area contributed by atoms with Crippen LogP contribution >= 0.6 is 0 Å². The molecule has 1 amide bonds. The monoisotopic (exact) mass is 372 g/mol. The summed E-state index contributed by atoms with van der Waals surface area (Å²) < 4.78 is 0. The van der Waals surface area contributed by atoms with Gasteiger partial charge in [-0.1, -0.05) is 26.8 Å². The number of amides is 1. The van der Waals surface area contributed by atoms with Gasteiger partial charge in [-0.15, -0.1) is 0 Å². The summed E-state index contributed by atoms with van der Waals surface area (Å²) in [6.07, 6.45) is 8.39. The number of nitrogens with zero attached hydrogens (tertiary/aromatic N) is 3. The lowest BCUT2D eigenvalue weighted by atomic mass is 9.92. The number of piperidine rings is 2. The molecular formula is C22H36N4O. The number of likely N-dealkylation sites (tertiary alicyclic amines) is 2. The summed E-state index contributed by atoms with van der Waals surface area (Å²) in [6.45, 7) is 12.6. The molecule has 1 aromatic heterocycles. The Labute approximate surface area is 164 Å². The van der Waals surface area contributed by atoms with Crippen LogP contribution in [0.5, 0.6) is 0 Å². The van der Waals surface area contributed by atoms with E-state index in [1.165, 1.54) is 18.4 Å². The van der Waals surface area contributed by atoms with E-state index in [0.717, 1.165) is 52.1 Å². The molecule has 5 heteroatoms. The molecule has 0 saturated carbocycles. The Morgan fingerprint density at radius 1 is 1.22 bits per heavy atom. The van der Waals surface area contributed by atoms with Crippen LogP contribution in [0.2, 0.25) is 0 Å². The number of carbonyl (C=O) groups excluding carboxylic acids is 1. The van der Waals surface area contributed by atoms with Gasteiger partial charge in [-0.25, -0.2) is 0 Å². The molecule has 27 heavy (non-hydrogen) atoms. The fourth-order valence-electron chi connectivity index (χ4n) is 4.24. The first-order valence-corrected chi connectivity index (χ1v) is 10.5. The molecule has 1 unspecified atom stereocenters. The average molecular weight is 373 g/mol. The van der Waals surface area contributed by atoms with Crippen LogP contribution in [0, 0.1) is 11.3 Å². The fraction of sp³-hybridized carbons (Fsp3) is 0.727. The van der Waals surface area contributed by atoms with Crippen molar-refractivity contribution in [2.45, 2.75) is 59.0 Å². The number of aromatic nitrogens is 1. The SMILES string of the molecule is CC(C)(C)CNC(=O)C1CCCN(C2CCN(Cc3cccnc3)CC2)C1. The molecule has 150 valence electrons. The van der Waals surface area contributed by atoms with E-state index in [-0.39, 0.29) is 17.2 Å². The minimum Gasteiger partial charge on any atom is -0.355 e. The standard InChI is InChI=1S/C22H36N4O/c1-22(2,3)17-24-21(27)19-7-5-11-26(16-19)20-8-12-25(13-9-20)15-18-6-4-10-23-14-18/h4,6,10,14,19-20H,5,7-9,11-13,15-17H2,1-3H3,(H,24,27). The Morgan fingerprint density at radius 2 is 2.00 bits per heavy atom. The third kappa shape index (κ3) is 6.28. The Hall–Kier alpha value is -1.46. The van der Waals surface area contributed by atoms with Crippen molar-refractivity contribution >= 4 is 5.91 Å². The number of hydrogen-bond donors (Lipinski definition) is 1. The minimum atomic E-state index is 0.144. The molecule has 0 bridgehead atoms. The molecule has 3 rings (SSSR count). The van der Waals surface area contributed by atoms with Gasteiger partial charge in [-0.3, -0.25) is 19.6 Å². The van der Waals surface area contributed by atoms with Crippen molar-refractivity contribution in [3.63, 3.8) is 0 Å². The van der Waals surface area contributed by atoms with E-state index < -0.39 is 0 Å². The molecule has 2 fully saturated rings. The van der Waals surface area contributed by atoms with Gasteiger partial charge >= 0.3 is 0 Å². The highest BCUT2D eigenvalue weighted by Crippen LogP contribution is 2.25. The largest absolute Gasteiger partial charge is 0.355 e.